The van der Waals surface area contributed by atoms with Gasteiger partial charge in [0.25, 0.3) is 0 Å². The van der Waals surface area contributed by atoms with Gasteiger partial charge in [-0.3, -0.25) is 0 Å². The Morgan fingerprint density at radius 2 is 0.844 bits per heavy atom. The van der Waals surface area contributed by atoms with Crippen LogP contribution in [0.25, 0.3) is 0 Å². The largest absolute Gasteiger partial charge is 0.491 e. The number of rotatable bonds is 25. The summed E-state index contributed by atoms with van der Waals surface area (Å²) in [5, 5.41) is 0. The lowest BCUT2D eigenvalue weighted by Gasteiger charge is -2.08. The van der Waals surface area contributed by atoms with E-state index in [1.807, 2.05) is 30.3 Å². The third kappa shape index (κ3) is 20.7. The highest BCUT2D eigenvalue weighted by molar-refractivity contribution is 5.20. The van der Waals surface area contributed by atoms with Crippen molar-refractivity contribution in [3.05, 3.63) is 30.3 Å². The molecule has 0 unspecified atom stereocenters. The molecular formula is C27H48O5. The maximum atomic E-state index is 5.63. The third-order valence-electron chi connectivity index (χ3n) is 5.25. The van der Waals surface area contributed by atoms with Crippen molar-refractivity contribution in [2.24, 2.45) is 0 Å². The Kier molecular flexibility index (Phi) is 22.1. The first-order chi connectivity index (χ1) is 15.9. The Labute approximate surface area is 197 Å². The smallest absolute Gasteiger partial charge is 0.119 e. The highest BCUT2D eigenvalue weighted by atomic mass is 16.6. The van der Waals surface area contributed by atoms with Crippen molar-refractivity contribution < 1.29 is 23.7 Å². The van der Waals surface area contributed by atoms with E-state index in [0.717, 1.165) is 18.8 Å². The molecule has 5 nitrogen and oxygen atoms in total. The van der Waals surface area contributed by atoms with E-state index < -0.39 is 0 Å². The molecule has 186 valence electrons. The van der Waals surface area contributed by atoms with Gasteiger partial charge in [0.05, 0.1) is 46.2 Å². The van der Waals surface area contributed by atoms with Crippen molar-refractivity contribution in [2.75, 3.05) is 59.5 Å². The lowest BCUT2D eigenvalue weighted by atomic mass is 10.1. The molecule has 0 N–H and O–H groups in total. The highest BCUT2D eigenvalue weighted by Crippen LogP contribution is 2.11. The van der Waals surface area contributed by atoms with E-state index in [4.69, 9.17) is 23.7 Å². The predicted octanol–water partition coefficient (Wildman–Crippen LogP) is 6.44. The van der Waals surface area contributed by atoms with Gasteiger partial charge in [-0.1, -0.05) is 89.3 Å². The minimum absolute atomic E-state index is 0.548. The van der Waals surface area contributed by atoms with Gasteiger partial charge in [0.2, 0.25) is 0 Å². The third-order valence-corrected chi connectivity index (χ3v) is 5.25. The highest BCUT2D eigenvalue weighted by Gasteiger charge is 1.96. The summed E-state index contributed by atoms with van der Waals surface area (Å²) in [4.78, 5) is 0. The average Bonchev–Trinajstić information content (AvgIpc) is 2.82. The van der Waals surface area contributed by atoms with Crippen LogP contribution in [0.3, 0.4) is 0 Å². The zero-order chi connectivity index (χ0) is 22.8. The Morgan fingerprint density at radius 3 is 1.34 bits per heavy atom. The summed E-state index contributed by atoms with van der Waals surface area (Å²) in [6, 6.07) is 9.76. The number of hydrogen-bond donors (Lipinski definition) is 0. The lowest BCUT2D eigenvalue weighted by molar-refractivity contribution is -0.00487. The zero-order valence-corrected chi connectivity index (χ0v) is 20.6. The molecule has 0 aliphatic rings. The van der Waals surface area contributed by atoms with Crippen LogP contribution < -0.4 is 4.74 Å². The molecule has 1 aromatic rings. The monoisotopic (exact) mass is 452 g/mol. The summed E-state index contributed by atoms with van der Waals surface area (Å²) < 4.78 is 27.7. The molecule has 0 amide bonds. The summed E-state index contributed by atoms with van der Waals surface area (Å²) in [6.07, 6.45) is 15.0. The van der Waals surface area contributed by atoms with Crippen LogP contribution in [0.15, 0.2) is 30.3 Å². The summed E-state index contributed by atoms with van der Waals surface area (Å²) in [5.74, 6) is 0.868. The molecule has 0 aromatic heterocycles. The van der Waals surface area contributed by atoms with Gasteiger partial charge in [-0.05, 0) is 18.6 Å². The first-order valence-electron chi connectivity index (χ1n) is 12.9. The predicted molar refractivity (Wildman–Crippen MR) is 132 cm³/mol. The molecule has 0 fully saturated rings. The molecule has 5 heteroatoms. The first kappa shape index (κ1) is 28.9. The van der Waals surface area contributed by atoms with E-state index in [0.29, 0.717) is 52.9 Å². The van der Waals surface area contributed by atoms with E-state index in [1.165, 1.54) is 64.2 Å². The minimum atomic E-state index is 0.548. The van der Waals surface area contributed by atoms with Crippen molar-refractivity contribution in [2.45, 2.75) is 77.6 Å². The molecule has 0 heterocycles. The molecule has 0 aliphatic heterocycles. The standard InChI is InChI=1S/C27H48O5/c1-2-3-4-5-6-7-8-9-10-11-15-18-28-19-20-29-21-22-30-23-24-31-25-26-32-27-16-13-12-14-17-27/h12-14,16-17H,2-11,15,18-26H2,1H3. The van der Waals surface area contributed by atoms with Gasteiger partial charge in [0.15, 0.2) is 0 Å². The Morgan fingerprint density at radius 1 is 0.438 bits per heavy atom. The van der Waals surface area contributed by atoms with Crippen molar-refractivity contribution in [3.63, 3.8) is 0 Å². The maximum absolute atomic E-state index is 5.63. The Bertz CT molecular complexity index is 468. The maximum Gasteiger partial charge on any atom is 0.119 e. The second kappa shape index (κ2) is 24.5. The van der Waals surface area contributed by atoms with Crippen LogP contribution >= 0.6 is 0 Å². The van der Waals surface area contributed by atoms with Gasteiger partial charge in [0, 0.05) is 6.61 Å². The van der Waals surface area contributed by atoms with E-state index in [9.17, 15) is 0 Å². The van der Waals surface area contributed by atoms with Crippen molar-refractivity contribution in [1.29, 1.82) is 0 Å². The number of unbranched alkanes of at least 4 members (excludes halogenated alkanes) is 10. The van der Waals surface area contributed by atoms with Gasteiger partial charge in [-0.25, -0.2) is 0 Å². The van der Waals surface area contributed by atoms with Crippen LogP contribution in [0.5, 0.6) is 5.75 Å². The molecule has 0 atom stereocenters. The van der Waals surface area contributed by atoms with Gasteiger partial charge in [0.1, 0.15) is 12.4 Å². The SMILES string of the molecule is CCCCCCCCCCCCCOCCOCCOCCOCCOc1ccccc1. The summed E-state index contributed by atoms with van der Waals surface area (Å²) in [5.41, 5.74) is 0. The molecule has 0 bridgehead atoms. The number of ether oxygens (including phenoxy) is 5. The molecule has 32 heavy (non-hydrogen) atoms. The molecule has 0 saturated carbocycles. The molecular weight excluding hydrogens is 404 g/mol. The minimum Gasteiger partial charge on any atom is -0.491 e. The van der Waals surface area contributed by atoms with Gasteiger partial charge < -0.3 is 23.7 Å². The fourth-order valence-corrected chi connectivity index (χ4v) is 3.37. The van der Waals surface area contributed by atoms with E-state index in [2.05, 4.69) is 6.92 Å². The molecule has 0 radical (unpaired) electrons. The van der Waals surface area contributed by atoms with Crippen molar-refractivity contribution in [1.82, 2.24) is 0 Å². The summed E-state index contributed by atoms with van der Waals surface area (Å²) >= 11 is 0. The molecule has 1 rings (SSSR count). The molecule has 0 saturated heterocycles. The Balaban J connectivity index is 1.64. The van der Waals surface area contributed by atoms with Crippen LogP contribution in [0.4, 0.5) is 0 Å². The molecule has 1 aromatic carbocycles. The number of para-hydroxylation sites is 1. The van der Waals surface area contributed by atoms with Crippen LogP contribution in [-0.4, -0.2) is 59.5 Å². The quantitative estimate of drug-likeness (QED) is 0.160. The summed E-state index contributed by atoms with van der Waals surface area (Å²) in [7, 11) is 0. The summed E-state index contributed by atoms with van der Waals surface area (Å²) in [6.45, 7) is 7.86. The van der Waals surface area contributed by atoms with Gasteiger partial charge in [-0.2, -0.15) is 0 Å². The Hall–Kier alpha value is -1.14. The van der Waals surface area contributed by atoms with E-state index in [-0.39, 0.29) is 0 Å². The van der Waals surface area contributed by atoms with E-state index in [1.54, 1.807) is 0 Å². The molecule has 0 aliphatic carbocycles. The lowest BCUT2D eigenvalue weighted by Crippen LogP contribution is -2.13. The van der Waals surface area contributed by atoms with Crippen LogP contribution in [0, 0.1) is 0 Å². The second-order valence-corrected chi connectivity index (χ2v) is 8.15. The fraction of sp³-hybridized carbons (Fsp3) is 0.778. The number of hydrogen-bond acceptors (Lipinski definition) is 5. The second-order valence-electron chi connectivity index (χ2n) is 8.15. The average molecular weight is 453 g/mol. The zero-order valence-electron chi connectivity index (χ0n) is 20.6. The van der Waals surface area contributed by atoms with Crippen LogP contribution in [0.1, 0.15) is 77.6 Å². The van der Waals surface area contributed by atoms with Gasteiger partial charge >= 0.3 is 0 Å². The molecule has 0 spiro atoms. The van der Waals surface area contributed by atoms with Gasteiger partial charge in [-0.15, -0.1) is 0 Å². The van der Waals surface area contributed by atoms with Crippen molar-refractivity contribution in [3.8, 4) is 5.75 Å². The van der Waals surface area contributed by atoms with Crippen LogP contribution in [-0.2, 0) is 18.9 Å². The topological polar surface area (TPSA) is 46.2 Å². The van der Waals surface area contributed by atoms with E-state index >= 15 is 0 Å². The normalized spacial score (nSPS) is 11.2. The number of benzene rings is 1. The van der Waals surface area contributed by atoms with Crippen LogP contribution in [0.2, 0.25) is 0 Å². The fourth-order valence-electron chi connectivity index (χ4n) is 3.37. The van der Waals surface area contributed by atoms with Crippen molar-refractivity contribution >= 4 is 0 Å². The first-order valence-corrected chi connectivity index (χ1v) is 12.9.